The Balaban J connectivity index is 1.14. The lowest BCUT2D eigenvalue weighted by molar-refractivity contribution is -0.324. The molecule has 0 spiro atoms. The number of hydrogen-bond acceptors (Lipinski definition) is 15. The number of aliphatic hydroxyl groups is 2. The molecule has 316 valence electrons. The smallest absolute Gasteiger partial charge is 0.316 e. The molecular weight excluding hydrogens is 758 g/mol. The minimum absolute atomic E-state index is 0.000148. The van der Waals surface area contributed by atoms with Crippen molar-refractivity contribution in [3.05, 3.63) is 57.6 Å². The van der Waals surface area contributed by atoms with Crippen molar-refractivity contribution >= 4 is 23.3 Å². The normalized spacial score (nSPS) is 37.6. The van der Waals surface area contributed by atoms with E-state index in [-0.39, 0.29) is 65.3 Å². The summed E-state index contributed by atoms with van der Waals surface area (Å²) >= 11 is 0. The average molecular weight is 812 g/mol. The Bertz CT molecular complexity index is 1970. The number of carbonyl (C=O) groups is 4. The molecule has 0 radical (unpaired) electrons. The van der Waals surface area contributed by atoms with Crippen LogP contribution >= 0.6 is 0 Å². The number of Topliss-reactive ketones (excluding diaryl/α,β-unsaturated/α-hetero) is 1. The van der Waals surface area contributed by atoms with Gasteiger partial charge in [-0.1, -0.05) is 19.1 Å². The molecule has 3 aliphatic heterocycles. The van der Waals surface area contributed by atoms with E-state index in [1.165, 1.54) is 31.2 Å². The van der Waals surface area contributed by atoms with Crippen LogP contribution in [0.3, 0.4) is 0 Å². The molecule has 13 atom stereocenters. The summed E-state index contributed by atoms with van der Waals surface area (Å²) in [4.78, 5) is 54.7. The molecule has 2 aliphatic carbocycles. The van der Waals surface area contributed by atoms with Crippen LogP contribution in [0.1, 0.15) is 122 Å². The van der Waals surface area contributed by atoms with E-state index in [0.717, 1.165) is 0 Å². The lowest BCUT2D eigenvalue weighted by Gasteiger charge is -2.51. The Morgan fingerprint density at radius 1 is 0.897 bits per heavy atom. The fraction of sp³-hybridized carbons (Fsp3) is 0.619. The van der Waals surface area contributed by atoms with Gasteiger partial charge in [-0.05, 0) is 65.9 Å². The summed E-state index contributed by atoms with van der Waals surface area (Å²) in [6, 6.07) is 4.92. The van der Waals surface area contributed by atoms with Crippen molar-refractivity contribution in [3.8, 4) is 11.5 Å². The third kappa shape index (κ3) is 6.95. The SMILES string of the molecule is CC[C@@]1(O)C[C@H](O[C@H]2CC(N(C)C)[C@H](O[C@H]3C[C@H](O)[C@H](O[C@H]4CCC(=O)[C@H](C)O4)[C@H](C)O3)[C@H](C)O2)c2c(cc3c(c2O)C(=O)c2c(O)cccc2C3=O)[C@@]1(C)C(=O)O. The maximum absolute atomic E-state index is 13.9. The molecule has 3 heterocycles. The molecule has 2 aromatic rings. The van der Waals surface area contributed by atoms with E-state index >= 15 is 0 Å². The van der Waals surface area contributed by atoms with Crippen molar-refractivity contribution in [2.24, 2.45) is 0 Å². The number of ether oxygens (including phenoxy) is 6. The summed E-state index contributed by atoms with van der Waals surface area (Å²) in [6.07, 6.45) is -7.15. The third-order valence-electron chi connectivity index (χ3n) is 13.0. The van der Waals surface area contributed by atoms with Crippen LogP contribution in [-0.4, -0.2) is 135 Å². The number of ketones is 3. The Hall–Kier alpha value is -3.84. The second kappa shape index (κ2) is 15.6. The van der Waals surface area contributed by atoms with Crippen molar-refractivity contribution in [2.75, 3.05) is 14.1 Å². The minimum Gasteiger partial charge on any atom is -0.507 e. The zero-order valence-electron chi connectivity index (χ0n) is 33.7. The lowest BCUT2D eigenvalue weighted by Crippen LogP contribution is -2.60. The van der Waals surface area contributed by atoms with Crippen LogP contribution in [0, 0.1) is 0 Å². The number of fused-ring (bicyclic) bond motifs is 3. The summed E-state index contributed by atoms with van der Waals surface area (Å²) in [5.74, 6) is -4.05. The predicted octanol–water partition coefficient (Wildman–Crippen LogP) is 3.24. The third-order valence-corrected chi connectivity index (χ3v) is 13.0. The van der Waals surface area contributed by atoms with Crippen LogP contribution in [0.2, 0.25) is 0 Å². The molecule has 3 saturated heterocycles. The summed E-state index contributed by atoms with van der Waals surface area (Å²) in [7, 11) is 3.71. The fourth-order valence-corrected chi connectivity index (χ4v) is 9.45. The number of benzene rings is 2. The Morgan fingerprint density at radius 2 is 1.55 bits per heavy atom. The van der Waals surface area contributed by atoms with Crippen molar-refractivity contribution < 1.29 is 73.1 Å². The highest BCUT2D eigenvalue weighted by Crippen LogP contribution is 2.56. The number of carboxylic acids is 1. The molecule has 2 aromatic carbocycles. The number of nitrogens with zero attached hydrogens (tertiary/aromatic N) is 1. The topological polar surface area (TPSA) is 228 Å². The second-order valence-corrected chi connectivity index (χ2v) is 16.6. The quantitative estimate of drug-likeness (QED) is 0.209. The number of phenolic OH excluding ortho intramolecular Hbond substituents is 2. The molecule has 16 nitrogen and oxygen atoms in total. The van der Waals surface area contributed by atoms with Crippen LogP contribution in [0.15, 0.2) is 24.3 Å². The number of carboxylic acid groups (broad SMARTS) is 1. The molecule has 58 heavy (non-hydrogen) atoms. The van der Waals surface area contributed by atoms with Crippen LogP contribution in [-0.2, 0) is 43.4 Å². The summed E-state index contributed by atoms with van der Waals surface area (Å²) in [5, 5.41) is 56.6. The number of aliphatic hydroxyl groups excluding tert-OH is 1. The summed E-state index contributed by atoms with van der Waals surface area (Å²) < 4.78 is 37.4. The first-order valence-electron chi connectivity index (χ1n) is 19.9. The summed E-state index contributed by atoms with van der Waals surface area (Å²) in [6.45, 7) is 8.18. The first-order valence-corrected chi connectivity index (χ1v) is 19.9. The second-order valence-electron chi connectivity index (χ2n) is 16.6. The number of hydrogen-bond donors (Lipinski definition) is 5. The van der Waals surface area contributed by atoms with E-state index in [4.69, 9.17) is 28.4 Å². The molecular formula is C42H53NO15. The Labute approximate surface area is 335 Å². The molecule has 0 saturated carbocycles. The van der Waals surface area contributed by atoms with Crippen molar-refractivity contribution in [1.82, 2.24) is 4.90 Å². The van der Waals surface area contributed by atoms with Crippen LogP contribution in [0.25, 0.3) is 0 Å². The molecule has 5 aliphatic rings. The van der Waals surface area contributed by atoms with Gasteiger partial charge in [0.2, 0.25) is 5.78 Å². The zero-order valence-corrected chi connectivity index (χ0v) is 33.7. The predicted molar refractivity (Wildman–Crippen MR) is 201 cm³/mol. The average Bonchev–Trinajstić information content (AvgIpc) is 3.16. The monoisotopic (exact) mass is 811 g/mol. The lowest BCUT2D eigenvalue weighted by atomic mass is 9.58. The van der Waals surface area contributed by atoms with Gasteiger partial charge in [-0.2, -0.15) is 0 Å². The van der Waals surface area contributed by atoms with E-state index in [9.17, 15) is 44.7 Å². The van der Waals surface area contributed by atoms with Gasteiger partial charge >= 0.3 is 5.97 Å². The number of aromatic hydroxyl groups is 2. The van der Waals surface area contributed by atoms with Gasteiger partial charge < -0.3 is 58.9 Å². The fourth-order valence-electron chi connectivity index (χ4n) is 9.45. The van der Waals surface area contributed by atoms with Crippen molar-refractivity contribution in [2.45, 2.75) is 152 Å². The van der Waals surface area contributed by atoms with Crippen LogP contribution in [0.4, 0.5) is 0 Å². The van der Waals surface area contributed by atoms with Gasteiger partial charge in [-0.3, -0.25) is 19.2 Å². The van der Waals surface area contributed by atoms with Gasteiger partial charge in [0, 0.05) is 54.8 Å². The van der Waals surface area contributed by atoms with E-state index in [0.29, 0.717) is 12.8 Å². The molecule has 7 rings (SSSR count). The molecule has 0 bridgehead atoms. The van der Waals surface area contributed by atoms with Crippen LogP contribution in [0.5, 0.6) is 11.5 Å². The largest absolute Gasteiger partial charge is 0.507 e. The highest BCUT2D eigenvalue weighted by Gasteiger charge is 2.60. The number of aliphatic carboxylic acids is 1. The number of likely N-dealkylation sites (N-methyl/N-ethyl adjacent to an activating group) is 1. The van der Waals surface area contributed by atoms with Gasteiger partial charge in [-0.15, -0.1) is 0 Å². The van der Waals surface area contributed by atoms with E-state index in [1.54, 1.807) is 27.7 Å². The number of carbonyl (C=O) groups excluding carboxylic acids is 3. The number of phenols is 2. The highest BCUT2D eigenvalue weighted by molar-refractivity contribution is 6.30. The van der Waals surface area contributed by atoms with Gasteiger partial charge in [0.25, 0.3) is 0 Å². The molecule has 0 amide bonds. The van der Waals surface area contributed by atoms with Crippen molar-refractivity contribution in [3.63, 3.8) is 0 Å². The van der Waals surface area contributed by atoms with Crippen LogP contribution < -0.4 is 0 Å². The highest BCUT2D eigenvalue weighted by atomic mass is 16.7. The first kappa shape index (κ1) is 42.3. The molecule has 5 N–H and O–H groups in total. The first-order chi connectivity index (χ1) is 27.3. The van der Waals surface area contributed by atoms with Gasteiger partial charge in [-0.25, -0.2) is 0 Å². The summed E-state index contributed by atoms with van der Waals surface area (Å²) in [5.41, 5.74) is -5.19. The van der Waals surface area contributed by atoms with Gasteiger partial charge in [0.1, 0.15) is 35.2 Å². The van der Waals surface area contributed by atoms with E-state index in [2.05, 4.69) is 0 Å². The number of rotatable bonds is 9. The molecule has 3 fully saturated rings. The molecule has 0 aromatic heterocycles. The van der Waals surface area contributed by atoms with E-state index in [1.807, 2.05) is 19.0 Å². The maximum atomic E-state index is 13.9. The minimum atomic E-state index is -2.05. The van der Waals surface area contributed by atoms with E-state index < -0.39 is 107 Å². The van der Waals surface area contributed by atoms with Gasteiger partial charge in [0.05, 0.1) is 41.1 Å². The van der Waals surface area contributed by atoms with Gasteiger partial charge in [0.15, 0.2) is 30.4 Å². The Morgan fingerprint density at radius 3 is 2.17 bits per heavy atom. The Kier molecular flexibility index (Phi) is 11.4. The standard InChI is InChI=1S/C42H53NO15/c1-8-42(52)17-28(34-23(41(42,5)40(50)51)14-22-33(37(34)49)36(48)32-21(35(22)47)10-9-11-26(32)45)56-30-15-24(43(6)7)38(19(3)54-30)58-31-16-27(46)39(20(4)55-31)57-29-13-12-25(44)18(2)53-29/h9-11,14,18-20,24,27-31,38-39,45-46,49,52H,8,12-13,15-17H2,1-7H3,(H,50,51)/t18-,19-,20-,24?,27-,28-,29-,30-,31-,38+,39+,41-,42+/m0/s1. The zero-order chi connectivity index (χ0) is 42.2. The molecule has 1 unspecified atom stereocenters. The maximum Gasteiger partial charge on any atom is 0.316 e. The van der Waals surface area contributed by atoms with Crippen molar-refractivity contribution in [1.29, 1.82) is 0 Å². The molecule has 16 heteroatoms.